The topological polar surface area (TPSA) is 104 Å². The fourth-order valence-corrected chi connectivity index (χ4v) is 3.46. The summed E-state index contributed by atoms with van der Waals surface area (Å²) in [5, 5.41) is 3.71. The number of carbonyl (C=O) groups is 2. The molecule has 1 amide bonds. The number of nitrogen functional groups attached to an aromatic ring is 1. The van der Waals surface area contributed by atoms with Crippen molar-refractivity contribution >= 4 is 46.6 Å². The van der Waals surface area contributed by atoms with Gasteiger partial charge in [-0.3, -0.25) is 14.6 Å². The monoisotopic (exact) mass is 477 g/mol. The summed E-state index contributed by atoms with van der Waals surface area (Å²) in [6.07, 6.45) is 0. The van der Waals surface area contributed by atoms with E-state index in [1.165, 1.54) is 6.92 Å². The van der Waals surface area contributed by atoms with Crippen LogP contribution >= 0.6 is 12.4 Å². The van der Waals surface area contributed by atoms with Crippen molar-refractivity contribution in [3.05, 3.63) is 89.6 Å². The molecular weight excluding hydrogens is 454 g/mol. The van der Waals surface area contributed by atoms with Crippen LogP contribution < -0.4 is 20.5 Å². The molecule has 174 valence electrons. The maximum Gasteiger partial charge on any atom is 0.308 e. The molecule has 0 atom stereocenters. The Bertz CT molecular complexity index is 1340. The molecule has 34 heavy (non-hydrogen) atoms. The van der Waals surface area contributed by atoms with Crippen LogP contribution in [0.4, 0.5) is 11.4 Å². The van der Waals surface area contributed by atoms with Crippen molar-refractivity contribution in [2.45, 2.75) is 20.5 Å². The Morgan fingerprint density at radius 2 is 1.68 bits per heavy atom. The first kappa shape index (κ1) is 24.5. The van der Waals surface area contributed by atoms with Gasteiger partial charge in [-0.05, 0) is 61.5 Å². The second-order valence-corrected chi connectivity index (χ2v) is 7.55. The number of benzene rings is 3. The zero-order chi connectivity index (χ0) is 23.4. The first-order valence-corrected chi connectivity index (χ1v) is 10.4. The van der Waals surface area contributed by atoms with Gasteiger partial charge in [0, 0.05) is 40.5 Å². The molecule has 8 heteroatoms. The predicted molar refractivity (Wildman–Crippen MR) is 135 cm³/mol. The van der Waals surface area contributed by atoms with Gasteiger partial charge in [-0.25, -0.2) is 0 Å². The minimum absolute atomic E-state index is 0. The first-order chi connectivity index (χ1) is 15.9. The van der Waals surface area contributed by atoms with Crippen molar-refractivity contribution in [1.82, 2.24) is 4.98 Å². The molecule has 4 rings (SSSR count). The van der Waals surface area contributed by atoms with Crippen molar-refractivity contribution in [2.24, 2.45) is 0 Å². The smallest absolute Gasteiger partial charge is 0.308 e. The number of aromatic nitrogens is 1. The normalized spacial score (nSPS) is 10.3. The number of carbonyl (C=O) groups excluding carboxylic acids is 2. The third-order valence-electron chi connectivity index (χ3n) is 4.97. The first-order valence-electron chi connectivity index (χ1n) is 10.4. The van der Waals surface area contributed by atoms with Crippen LogP contribution in [-0.2, 0) is 11.4 Å². The summed E-state index contributed by atoms with van der Waals surface area (Å²) in [5.41, 5.74) is 10.2. The summed E-state index contributed by atoms with van der Waals surface area (Å²) in [7, 11) is 0. The van der Waals surface area contributed by atoms with Crippen LogP contribution in [0.2, 0.25) is 0 Å². The highest BCUT2D eigenvalue weighted by atomic mass is 35.5. The van der Waals surface area contributed by atoms with Gasteiger partial charge in [0.05, 0.1) is 5.52 Å². The summed E-state index contributed by atoms with van der Waals surface area (Å²) in [4.78, 5) is 28.5. The number of fused-ring (bicyclic) bond motifs is 1. The lowest BCUT2D eigenvalue weighted by Gasteiger charge is -2.13. The number of halogens is 1. The molecule has 0 spiro atoms. The summed E-state index contributed by atoms with van der Waals surface area (Å²) in [6.45, 7) is 3.43. The van der Waals surface area contributed by atoms with Crippen LogP contribution in [-0.4, -0.2) is 16.9 Å². The zero-order valence-electron chi connectivity index (χ0n) is 18.7. The Labute approximate surface area is 203 Å². The standard InChI is InChI=1S/C26H23N3O4.ClH/c1-16-13-24(27)23-14-19(7-12-25(23)28-16)29-26(31)22-6-4-3-5-18(22)15-32-20-8-10-21(11-9-20)33-17(2)30;/h3-14H,15H2,1-2H3,(H2,27,28)(H,29,31);1H. The number of aryl methyl sites for hydroxylation is 1. The number of hydrogen-bond acceptors (Lipinski definition) is 6. The van der Waals surface area contributed by atoms with E-state index in [4.69, 9.17) is 15.2 Å². The van der Waals surface area contributed by atoms with Gasteiger partial charge in [0.15, 0.2) is 0 Å². The van der Waals surface area contributed by atoms with E-state index in [1.54, 1.807) is 48.5 Å². The molecule has 7 nitrogen and oxygen atoms in total. The van der Waals surface area contributed by atoms with E-state index in [0.29, 0.717) is 28.4 Å². The highest BCUT2D eigenvalue weighted by Gasteiger charge is 2.13. The molecule has 0 aliphatic rings. The molecule has 0 aliphatic heterocycles. The maximum absolute atomic E-state index is 13.0. The largest absolute Gasteiger partial charge is 0.489 e. The molecular formula is C26H24ClN3O4. The quantitative estimate of drug-likeness (QED) is 0.288. The summed E-state index contributed by atoms with van der Waals surface area (Å²) in [6, 6.07) is 21.2. The van der Waals surface area contributed by atoms with Gasteiger partial charge in [0.2, 0.25) is 0 Å². The van der Waals surface area contributed by atoms with E-state index in [9.17, 15) is 9.59 Å². The van der Waals surface area contributed by atoms with Crippen molar-refractivity contribution in [3.63, 3.8) is 0 Å². The number of hydrogen-bond donors (Lipinski definition) is 2. The van der Waals surface area contributed by atoms with Crippen LogP contribution in [0.5, 0.6) is 11.5 Å². The molecule has 0 saturated heterocycles. The minimum atomic E-state index is -0.385. The van der Waals surface area contributed by atoms with Gasteiger partial charge in [0.25, 0.3) is 5.91 Å². The molecule has 1 heterocycles. The third-order valence-corrected chi connectivity index (χ3v) is 4.97. The molecule has 3 aromatic carbocycles. The molecule has 0 saturated carbocycles. The zero-order valence-corrected chi connectivity index (χ0v) is 19.5. The van der Waals surface area contributed by atoms with Crippen molar-refractivity contribution in [3.8, 4) is 11.5 Å². The number of rotatable bonds is 6. The van der Waals surface area contributed by atoms with Crippen LogP contribution in [0, 0.1) is 6.92 Å². The van der Waals surface area contributed by atoms with E-state index in [0.717, 1.165) is 22.2 Å². The number of pyridine rings is 1. The Kier molecular flexibility index (Phi) is 7.71. The number of nitrogens with one attached hydrogen (secondary N) is 1. The van der Waals surface area contributed by atoms with E-state index < -0.39 is 0 Å². The second kappa shape index (κ2) is 10.7. The van der Waals surface area contributed by atoms with Crippen molar-refractivity contribution in [2.75, 3.05) is 11.1 Å². The Hall–Kier alpha value is -4.10. The Balaban J connectivity index is 0.00000324. The summed E-state index contributed by atoms with van der Waals surface area (Å²) in [5.74, 6) is 0.395. The van der Waals surface area contributed by atoms with Crippen molar-refractivity contribution < 1.29 is 19.1 Å². The SMILES string of the molecule is CC(=O)Oc1ccc(OCc2ccccc2C(=O)Nc2ccc3nc(C)cc(N)c3c2)cc1.Cl. The summed E-state index contributed by atoms with van der Waals surface area (Å²) >= 11 is 0. The van der Waals surface area contributed by atoms with E-state index in [-0.39, 0.29) is 30.9 Å². The molecule has 3 N–H and O–H groups in total. The maximum atomic E-state index is 13.0. The van der Waals surface area contributed by atoms with Gasteiger partial charge in [-0.2, -0.15) is 0 Å². The van der Waals surface area contributed by atoms with Gasteiger partial charge in [0.1, 0.15) is 18.1 Å². The van der Waals surface area contributed by atoms with Crippen molar-refractivity contribution in [1.29, 1.82) is 0 Å². The lowest BCUT2D eigenvalue weighted by atomic mass is 10.1. The van der Waals surface area contributed by atoms with Crippen LogP contribution in [0.25, 0.3) is 10.9 Å². The average molecular weight is 478 g/mol. The highest BCUT2D eigenvalue weighted by Crippen LogP contribution is 2.25. The number of amides is 1. The van der Waals surface area contributed by atoms with Gasteiger partial charge in [-0.1, -0.05) is 18.2 Å². The molecule has 0 fully saturated rings. The number of nitrogens with zero attached hydrogens (tertiary/aromatic N) is 1. The minimum Gasteiger partial charge on any atom is -0.489 e. The lowest BCUT2D eigenvalue weighted by molar-refractivity contribution is -0.131. The number of ether oxygens (including phenoxy) is 2. The van der Waals surface area contributed by atoms with Gasteiger partial charge < -0.3 is 20.5 Å². The highest BCUT2D eigenvalue weighted by molar-refractivity contribution is 6.06. The van der Waals surface area contributed by atoms with Crippen LogP contribution in [0.15, 0.2) is 72.8 Å². The fraction of sp³-hybridized carbons (Fsp3) is 0.115. The molecule has 0 radical (unpaired) electrons. The van der Waals surface area contributed by atoms with Crippen LogP contribution in [0.3, 0.4) is 0 Å². The van der Waals surface area contributed by atoms with E-state index in [2.05, 4.69) is 10.3 Å². The van der Waals surface area contributed by atoms with Crippen LogP contribution in [0.1, 0.15) is 28.5 Å². The number of nitrogens with two attached hydrogens (primary N) is 1. The predicted octanol–water partition coefficient (Wildman–Crippen LogP) is 5.30. The van der Waals surface area contributed by atoms with E-state index >= 15 is 0 Å². The fourth-order valence-electron chi connectivity index (χ4n) is 3.46. The number of esters is 1. The van der Waals surface area contributed by atoms with Gasteiger partial charge in [-0.15, -0.1) is 12.4 Å². The molecule has 4 aromatic rings. The Morgan fingerprint density at radius 1 is 0.971 bits per heavy atom. The number of anilines is 2. The van der Waals surface area contributed by atoms with E-state index in [1.807, 2.05) is 31.2 Å². The average Bonchev–Trinajstić information content (AvgIpc) is 2.79. The summed E-state index contributed by atoms with van der Waals surface area (Å²) < 4.78 is 10.9. The molecule has 0 unspecified atom stereocenters. The lowest BCUT2D eigenvalue weighted by Crippen LogP contribution is -2.15. The molecule has 0 bridgehead atoms. The molecule has 1 aromatic heterocycles. The third kappa shape index (κ3) is 5.82. The van der Waals surface area contributed by atoms with Gasteiger partial charge >= 0.3 is 5.97 Å². The Morgan fingerprint density at radius 3 is 2.41 bits per heavy atom. The molecule has 0 aliphatic carbocycles. The second-order valence-electron chi connectivity index (χ2n) is 7.55.